The van der Waals surface area contributed by atoms with Gasteiger partial charge in [-0.2, -0.15) is 0 Å². The Balaban J connectivity index is 1.39. The summed E-state index contributed by atoms with van der Waals surface area (Å²) in [7, 11) is 0. The Hall–Kier alpha value is -1.92. The molecule has 1 amide bonds. The number of carbonyl (C=O) groups is 2. The van der Waals surface area contributed by atoms with E-state index in [2.05, 4.69) is 0 Å². The highest BCUT2D eigenvalue weighted by atomic mass is 16.7. The lowest BCUT2D eigenvalue weighted by Crippen LogP contribution is -2.43. The van der Waals surface area contributed by atoms with Crippen molar-refractivity contribution in [2.24, 2.45) is 5.92 Å². The van der Waals surface area contributed by atoms with Crippen LogP contribution in [-0.2, 0) is 25.5 Å². The molecule has 2 aliphatic rings. The smallest absolute Gasteiger partial charge is 0.260 e. The van der Waals surface area contributed by atoms with Crippen LogP contribution in [0.25, 0.3) is 0 Å². The number of amides is 1. The fourth-order valence-electron chi connectivity index (χ4n) is 3.38. The molecular weight excluding hydrogens is 334 g/mol. The minimum absolute atomic E-state index is 0.0114. The lowest BCUT2D eigenvalue weighted by molar-refractivity contribution is -0.138. The number of ether oxygens (including phenoxy) is 3. The van der Waals surface area contributed by atoms with E-state index in [0.29, 0.717) is 31.3 Å². The van der Waals surface area contributed by atoms with E-state index in [9.17, 15) is 9.59 Å². The van der Waals surface area contributed by atoms with Gasteiger partial charge in [-0.15, -0.1) is 0 Å². The molecule has 2 fully saturated rings. The molecule has 2 heterocycles. The molecule has 2 saturated heterocycles. The topological polar surface area (TPSA) is 65.1 Å². The Morgan fingerprint density at radius 3 is 2.38 bits per heavy atom. The summed E-state index contributed by atoms with van der Waals surface area (Å²) in [6.07, 6.45) is 3.00. The molecule has 0 unspecified atom stereocenters. The standard InChI is InChI=1S/C20H27NO5/c1-15(22)2-3-16-4-6-18(7-5-16)26-14-19(23)21-10-8-17(9-11-21)20-24-12-13-25-20/h4-7,17,20H,2-3,8-14H2,1H3. The molecule has 3 rings (SSSR count). The third-order valence-corrected chi connectivity index (χ3v) is 4.98. The lowest BCUT2D eigenvalue weighted by atomic mass is 9.96. The van der Waals surface area contributed by atoms with Crippen molar-refractivity contribution < 1.29 is 23.8 Å². The summed E-state index contributed by atoms with van der Waals surface area (Å²) in [6, 6.07) is 7.58. The molecule has 0 aliphatic carbocycles. The van der Waals surface area contributed by atoms with E-state index < -0.39 is 0 Å². The molecule has 0 aromatic heterocycles. The van der Waals surface area contributed by atoms with Crippen LogP contribution in [0.2, 0.25) is 0 Å². The summed E-state index contributed by atoms with van der Waals surface area (Å²) in [5.74, 6) is 1.25. The molecular formula is C20H27NO5. The number of carbonyl (C=O) groups excluding carboxylic acids is 2. The van der Waals surface area contributed by atoms with Crippen LogP contribution < -0.4 is 4.74 Å². The first kappa shape index (κ1) is 18.9. The number of likely N-dealkylation sites (tertiary alicyclic amines) is 1. The van der Waals surface area contributed by atoms with Gasteiger partial charge in [0.25, 0.3) is 5.91 Å². The van der Waals surface area contributed by atoms with Crippen LogP contribution in [-0.4, -0.2) is 55.8 Å². The third-order valence-electron chi connectivity index (χ3n) is 4.98. The second kappa shape index (κ2) is 9.14. The number of hydrogen-bond acceptors (Lipinski definition) is 5. The van der Waals surface area contributed by atoms with Crippen LogP contribution in [0.1, 0.15) is 31.7 Å². The molecule has 0 spiro atoms. The van der Waals surface area contributed by atoms with E-state index in [-0.39, 0.29) is 24.6 Å². The zero-order valence-electron chi connectivity index (χ0n) is 15.3. The molecule has 0 N–H and O–H groups in total. The second-order valence-corrected chi connectivity index (χ2v) is 6.96. The SMILES string of the molecule is CC(=O)CCc1ccc(OCC(=O)N2CCC(C3OCCO3)CC2)cc1. The van der Waals surface area contributed by atoms with E-state index in [1.165, 1.54) is 0 Å². The van der Waals surface area contributed by atoms with Crippen molar-refractivity contribution in [1.82, 2.24) is 4.90 Å². The number of nitrogens with zero attached hydrogens (tertiary/aromatic N) is 1. The van der Waals surface area contributed by atoms with Gasteiger partial charge in [0.15, 0.2) is 12.9 Å². The van der Waals surface area contributed by atoms with Gasteiger partial charge >= 0.3 is 0 Å². The zero-order valence-corrected chi connectivity index (χ0v) is 15.3. The van der Waals surface area contributed by atoms with Gasteiger partial charge in [-0.3, -0.25) is 4.79 Å². The van der Waals surface area contributed by atoms with Gasteiger partial charge in [-0.25, -0.2) is 0 Å². The quantitative estimate of drug-likeness (QED) is 0.745. The van der Waals surface area contributed by atoms with Crippen LogP contribution in [0.4, 0.5) is 0 Å². The maximum Gasteiger partial charge on any atom is 0.260 e. The highest BCUT2D eigenvalue weighted by Gasteiger charge is 2.31. The Labute approximate surface area is 154 Å². The molecule has 2 aliphatic heterocycles. The minimum Gasteiger partial charge on any atom is -0.484 e. The first-order valence-corrected chi connectivity index (χ1v) is 9.34. The average Bonchev–Trinajstić information content (AvgIpc) is 3.20. The highest BCUT2D eigenvalue weighted by Crippen LogP contribution is 2.25. The fourth-order valence-corrected chi connectivity index (χ4v) is 3.38. The van der Waals surface area contributed by atoms with Gasteiger partial charge in [-0.1, -0.05) is 12.1 Å². The monoisotopic (exact) mass is 361 g/mol. The number of Topliss-reactive ketones (excluding diaryl/α,β-unsaturated/α-hetero) is 1. The second-order valence-electron chi connectivity index (χ2n) is 6.96. The van der Waals surface area contributed by atoms with Crippen molar-refractivity contribution in [3.63, 3.8) is 0 Å². The number of rotatable bonds is 7. The van der Waals surface area contributed by atoms with Crippen LogP contribution in [0, 0.1) is 5.92 Å². The van der Waals surface area contributed by atoms with Gasteiger partial charge < -0.3 is 23.9 Å². The first-order valence-electron chi connectivity index (χ1n) is 9.34. The molecule has 6 heteroatoms. The summed E-state index contributed by atoms with van der Waals surface area (Å²) < 4.78 is 16.7. The molecule has 6 nitrogen and oxygen atoms in total. The Bertz CT molecular complexity index is 601. The average molecular weight is 361 g/mol. The Kier molecular flexibility index (Phi) is 6.63. The summed E-state index contributed by atoms with van der Waals surface area (Å²) in [5.41, 5.74) is 1.09. The van der Waals surface area contributed by atoms with E-state index in [1.54, 1.807) is 6.92 Å². The largest absolute Gasteiger partial charge is 0.484 e. The number of aryl methyl sites for hydroxylation is 1. The summed E-state index contributed by atoms with van der Waals surface area (Å²) in [4.78, 5) is 25.2. The zero-order chi connectivity index (χ0) is 18.4. The van der Waals surface area contributed by atoms with Gasteiger partial charge in [0.05, 0.1) is 13.2 Å². The summed E-state index contributed by atoms with van der Waals surface area (Å²) in [6.45, 7) is 4.43. The molecule has 0 atom stereocenters. The van der Waals surface area contributed by atoms with Crippen molar-refractivity contribution in [2.75, 3.05) is 32.9 Å². The molecule has 1 aromatic carbocycles. The first-order chi connectivity index (χ1) is 12.6. The predicted octanol–water partition coefficient (Wildman–Crippen LogP) is 2.20. The van der Waals surface area contributed by atoms with Crippen molar-refractivity contribution >= 4 is 11.7 Å². The van der Waals surface area contributed by atoms with Crippen LogP contribution in [0.5, 0.6) is 5.75 Å². The maximum absolute atomic E-state index is 12.3. The van der Waals surface area contributed by atoms with E-state index in [0.717, 1.165) is 37.9 Å². The van der Waals surface area contributed by atoms with Crippen molar-refractivity contribution in [3.05, 3.63) is 29.8 Å². The highest BCUT2D eigenvalue weighted by molar-refractivity contribution is 5.78. The summed E-state index contributed by atoms with van der Waals surface area (Å²) >= 11 is 0. The number of benzene rings is 1. The molecule has 0 bridgehead atoms. The van der Waals surface area contributed by atoms with Crippen LogP contribution in [0.15, 0.2) is 24.3 Å². The van der Waals surface area contributed by atoms with Crippen molar-refractivity contribution in [1.29, 1.82) is 0 Å². The van der Waals surface area contributed by atoms with E-state index in [1.807, 2.05) is 29.2 Å². The lowest BCUT2D eigenvalue weighted by Gasteiger charge is -2.33. The molecule has 0 saturated carbocycles. The van der Waals surface area contributed by atoms with Gasteiger partial charge in [0.1, 0.15) is 11.5 Å². The van der Waals surface area contributed by atoms with Gasteiger partial charge in [0, 0.05) is 25.4 Å². The Morgan fingerprint density at radius 1 is 1.12 bits per heavy atom. The van der Waals surface area contributed by atoms with E-state index in [4.69, 9.17) is 14.2 Å². The normalized spacial score (nSPS) is 18.9. The number of ketones is 1. The molecule has 1 aromatic rings. The van der Waals surface area contributed by atoms with E-state index >= 15 is 0 Å². The van der Waals surface area contributed by atoms with Gasteiger partial charge in [0.2, 0.25) is 0 Å². The molecule has 142 valence electrons. The van der Waals surface area contributed by atoms with Crippen LogP contribution in [0.3, 0.4) is 0 Å². The third kappa shape index (κ3) is 5.29. The van der Waals surface area contributed by atoms with Crippen molar-refractivity contribution in [3.8, 4) is 5.75 Å². The van der Waals surface area contributed by atoms with Gasteiger partial charge in [-0.05, 0) is 43.9 Å². The molecule has 0 radical (unpaired) electrons. The number of piperidine rings is 1. The van der Waals surface area contributed by atoms with Crippen LogP contribution >= 0.6 is 0 Å². The number of hydrogen-bond donors (Lipinski definition) is 0. The molecule has 26 heavy (non-hydrogen) atoms. The maximum atomic E-state index is 12.3. The summed E-state index contributed by atoms with van der Waals surface area (Å²) in [5, 5.41) is 0. The van der Waals surface area contributed by atoms with Crippen molar-refractivity contribution in [2.45, 2.75) is 38.9 Å². The predicted molar refractivity (Wildman–Crippen MR) is 95.9 cm³/mol. The fraction of sp³-hybridized carbons (Fsp3) is 0.600. The minimum atomic E-state index is -0.0926. The Morgan fingerprint density at radius 2 is 1.77 bits per heavy atom.